The lowest BCUT2D eigenvalue weighted by atomic mass is 9.64. The molecular weight excluding hydrogens is 428 g/mol. The van der Waals surface area contributed by atoms with E-state index in [4.69, 9.17) is 5.73 Å². The number of likely N-dealkylation sites (tertiary alicyclic amines) is 1. The van der Waals surface area contributed by atoms with Crippen molar-refractivity contribution in [3.8, 4) is 5.75 Å². The molecule has 1 heterocycles. The number of hydrogen-bond donors (Lipinski definition) is 2. The highest BCUT2D eigenvalue weighted by Gasteiger charge is 2.53. The Labute approximate surface area is 201 Å². The minimum atomic E-state index is -0.830. The molecule has 4 nitrogen and oxygen atoms in total. The largest absolute Gasteiger partial charge is 0.507 e. The van der Waals surface area contributed by atoms with Crippen LogP contribution in [0.2, 0.25) is 0 Å². The first-order valence-electron chi connectivity index (χ1n) is 11.6. The summed E-state index contributed by atoms with van der Waals surface area (Å²) in [5.41, 5.74) is 7.37. The zero-order chi connectivity index (χ0) is 23.3. The second kappa shape index (κ2) is 10.0. The number of primary amides is 1. The van der Waals surface area contributed by atoms with Gasteiger partial charge >= 0.3 is 0 Å². The standard InChI is InChI=1S/C28H32N2O2S/c1-30(18-10-20-33-26-16-9-8-15-25(26)31)19-17-24(21-30)28(27(29)32,22-11-4-2-5-12-22)23-13-6-3-7-14-23/h2-9,11-16,24H,10,17-21H2,1H3,(H2-,29,31,32)/p+1/t24-,30?/m1/s1. The highest BCUT2D eigenvalue weighted by atomic mass is 32.2. The molecule has 3 N–H and O–H groups in total. The first-order chi connectivity index (χ1) is 16.0. The Morgan fingerprint density at radius 2 is 1.58 bits per heavy atom. The van der Waals surface area contributed by atoms with Gasteiger partial charge in [0.1, 0.15) is 11.2 Å². The van der Waals surface area contributed by atoms with Crippen molar-refractivity contribution in [1.82, 2.24) is 0 Å². The molecule has 1 saturated heterocycles. The van der Waals surface area contributed by atoms with Gasteiger partial charge in [0.15, 0.2) is 0 Å². The second-order valence-corrected chi connectivity index (χ2v) is 10.4. The Morgan fingerprint density at radius 3 is 2.15 bits per heavy atom. The molecule has 1 fully saturated rings. The van der Waals surface area contributed by atoms with Crippen molar-refractivity contribution in [2.45, 2.75) is 23.2 Å². The van der Waals surface area contributed by atoms with Crippen LogP contribution in [0.4, 0.5) is 0 Å². The maximum atomic E-state index is 13.3. The zero-order valence-electron chi connectivity index (χ0n) is 19.2. The lowest BCUT2D eigenvalue weighted by molar-refractivity contribution is -0.899. The van der Waals surface area contributed by atoms with Crippen molar-refractivity contribution in [2.24, 2.45) is 11.7 Å². The number of nitrogens with two attached hydrogens (primary N) is 1. The van der Waals surface area contributed by atoms with Gasteiger partial charge in [-0.15, -0.1) is 11.8 Å². The molecule has 4 rings (SSSR count). The third kappa shape index (κ3) is 4.80. The van der Waals surface area contributed by atoms with E-state index in [-0.39, 0.29) is 11.8 Å². The van der Waals surface area contributed by atoms with Gasteiger partial charge in [-0.25, -0.2) is 0 Å². The van der Waals surface area contributed by atoms with Crippen LogP contribution in [0.1, 0.15) is 24.0 Å². The first kappa shape index (κ1) is 23.4. The average molecular weight is 462 g/mol. The molecule has 0 spiro atoms. The van der Waals surface area contributed by atoms with Gasteiger partial charge in [0, 0.05) is 29.4 Å². The first-order valence-corrected chi connectivity index (χ1v) is 12.6. The number of hydrogen-bond acceptors (Lipinski definition) is 3. The summed E-state index contributed by atoms with van der Waals surface area (Å²) in [5.74, 6) is 1.17. The van der Waals surface area contributed by atoms with E-state index >= 15 is 0 Å². The Hall–Kier alpha value is -2.76. The fraction of sp³-hybridized carbons (Fsp3) is 0.321. The van der Waals surface area contributed by atoms with Crippen molar-refractivity contribution in [3.05, 3.63) is 96.1 Å². The van der Waals surface area contributed by atoms with Gasteiger partial charge in [-0.3, -0.25) is 4.79 Å². The van der Waals surface area contributed by atoms with Crippen molar-refractivity contribution >= 4 is 17.7 Å². The number of aromatic hydroxyl groups is 1. The molecule has 0 aromatic heterocycles. The molecule has 1 aliphatic rings. The summed E-state index contributed by atoms with van der Waals surface area (Å²) in [4.78, 5) is 14.2. The van der Waals surface area contributed by atoms with Crippen LogP contribution in [-0.4, -0.2) is 47.9 Å². The van der Waals surface area contributed by atoms with Crippen LogP contribution in [0.3, 0.4) is 0 Å². The average Bonchev–Trinajstić information content (AvgIpc) is 3.22. The Morgan fingerprint density at radius 1 is 1.00 bits per heavy atom. The van der Waals surface area contributed by atoms with Crippen molar-refractivity contribution < 1.29 is 14.4 Å². The quantitative estimate of drug-likeness (QED) is 0.273. The number of carbonyl (C=O) groups excluding carboxylic acids is 1. The highest BCUT2D eigenvalue weighted by Crippen LogP contribution is 2.45. The molecule has 0 aliphatic carbocycles. The van der Waals surface area contributed by atoms with Gasteiger partial charge in [-0.05, 0) is 23.3 Å². The summed E-state index contributed by atoms with van der Waals surface area (Å²) < 4.78 is 0.931. The number of phenolic OH excluding ortho intramolecular Hbond substituents is 1. The second-order valence-electron chi connectivity index (χ2n) is 9.31. The molecule has 1 unspecified atom stereocenters. The number of nitrogens with zero attached hydrogens (tertiary/aromatic N) is 1. The number of rotatable bonds is 9. The van der Waals surface area contributed by atoms with Crippen molar-refractivity contribution in [2.75, 3.05) is 32.4 Å². The van der Waals surface area contributed by atoms with Crippen LogP contribution < -0.4 is 5.73 Å². The number of amides is 1. The topological polar surface area (TPSA) is 63.3 Å². The van der Waals surface area contributed by atoms with Gasteiger partial charge < -0.3 is 15.3 Å². The molecule has 172 valence electrons. The molecule has 1 aliphatic heterocycles. The fourth-order valence-electron chi connectivity index (χ4n) is 5.47. The number of benzene rings is 3. The number of thioether (sulfide) groups is 1. The molecule has 3 aromatic rings. The normalized spacial score (nSPS) is 20.6. The summed E-state index contributed by atoms with van der Waals surface area (Å²) >= 11 is 1.70. The predicted molar refractivity (Wildman–Crippen MR) is 135 cm³/mol. The number of phenols is 1. The highest BCUT2D eigenvalue weighted by molar-refractivity contribution is 7.99. The summed E-state index contributed by atoms with van der Waals surface area (Å²) in [7, 11) is 2.30. The Balaban J connectivity index is 1.53. The maximum Gasteiger partial charge on any atom is 0.233 e. The maximum absolute atomic E-state index is 13.3. The van der Waals surface area contributed by atoms with E-state index in [1.165, 1.54) is 0 Å². The van der Waals surface area contributed by atoms with Crippen LogP contribution in [0.5, 0.6) is 5.75 Å². The van der Waals surface area contributed by atoms with E-state index in [0.29, 0.717) is 5.75 Å². The zero-order valence-corrected chi connectivity index (χ0v) is 20.0. The van der Waals surface area contributed by atoms with Crippen LogP contribution in [0.25, 0.3) is 0 Å². The van der Waals surface area contributed by atoms with Gasteiger partial charge in [-0.2, -0.15) is 0 Å². The van der Waals surface area contributed by atoms with Crippen molar-refractivity contribution in [3.63, 3.8) is 0 Å². The molecule has 33 heavy (non-hydrogen) atoms. The minimum Gasteiger partial charge on any atom is -0.507 e. The van der Waals surface area contributed by atoms with E-state index in [2.05, 4.69) is 7.05 Å². The summed E-state index contributed by atoms with van der Waals surface area (Å²) in [6, 6.07) is 27.6. The SMILES string of the molecule is C[N+]1(CCCSc2ccccc2O)CC[C@@H](C(C(N)=O)(c2ccccc2)c2ccccc2)C1. The van der Waals surface area contributed by atoms with E-state index in [1.807, 2.05) is 78.9 Å². The van der Waals surface area contributed by atoms with E-state index < -0.39 is 5.41 Å². The predicted octanol–water partition coefficient (Wildman–Crippen LogP) is 4.81. The van der Waals surface area contributed by atoms with Gasteiger partial charge in [0.25, 0.3) is 0 Å². The lowest BCUT2D eigenvalue weighted by Crippen LogP contribution is -2.51. The summed E-state index contributed by atoms with van der Waals surface area (Å²) in [6.07, 6.45) is 2.00. The third-order valence-electron chi connectivity index (χ3n) is 7.10. The monoisotopic (exact) mass is 461 g/mol. The molecule has 3 aromatic carbocycles. The van der Waals surface area contributed by atoms with Crippen LogP contribution in [0, 0.1) is 5.92 Å². The molecular formula is C28H33N2O2S+. The third-order valence-corrected chi connectivity index (χ3v) is 8.25. The van der Waals surface area contributed by atoms with E-state index in [1.54, 1.807) is 17.8 Å². The van der Waals surface area contributed by atoms with Crippen LogP contribution in [0.15, 0.2) is 89.8 Å². The van der Waals surface area contributed by atoms with E-state index in [0.717, 1.165) is 58.7 Å². The molecule has 1 amide bonds. The number of para-hydroxylation sites is 1. The van der Waals surface area contributed by atoms with Gasteiger partial charge in [0.05, 0.1) is 26.7 Å². The molecule has 0 bridgehead atoms. The molecule has 2 atom stereocenters. The van der Waals surface area contributed by atoms with Crippen LogP contribution in [-0.2, 0) is 10.2 Å². The molecule has 5 heteroatoms. The molecule has 0 saturated carbocycles. The minimum absolute atomic E-state index is 0.135. The summed E-state index contributed by atoms with van der Waals surface area (Å²) in [6.45, 7) is 2.98. The lowest BCUT2D eigenvalue weighted by Gasteiger charge is -2.38. The van der Waals surface area contributed by atoms with Gasteiger partial charge in [0.2, 0.25) is 5.91 Å². The molecule has 0 radical (unpaired) electrons. The summed E-state index contributed by atoms with van der Waals surface area (Å²) in [5, 5.41) is 10.00. The van der Waals surface area contributed by atoms with Crippen molar-refractivity contribution in [1.29, 1.82) is 0 Å². The Bertz CT molecular complexity index is 1030. The fourth-order valence-corrected chi connectivity index (χ4v) is 6.36. The van der Waals surface area contributed by atoms with E-state index in [9.17, 15) is 9.90 Å². The van der Waals surface area contributed by atoms with Gasteiger partial charge in [-0.1, -0.05) is 72.8 Å². The number of quaternary nitrogens is 1. The smallest absolute Gasteiger partial charge is 0.233 e. The Kier molecular flexibility index (Phi) is 7.11. The number of carbonyl (C=O) groups is 1. The van der Waals surface area contributed by atoms with Crippen LogP contribution >= 0.6 is 11.8 Å².